The van der Waals surface area contributed by atoms with Crippen LogP contribution in [-0.4, -0.2) is 48.0 Å². The third kappa shape index (κ3) is 4.35. The van der Waals surface area contributed by atoms with Crippen molar-refractivity contribution in [2.75, 3.05) is 13.2 Å². The van der Waals surface area contributed by atoms with Crippen LogP contribution >= 0.6 is 0 Å². The number of nitrogens with one attached hydrogen (secondary N) is 1. The molecule has 1 aliphatic rings. The molecule has 0 bridgehead atoms. The van der Waals surface area contributed by atoms with Crippen molar-refractivity contribution >= 4 is 23.7 Å². The average molecular weight is 333 g/mol. The lowest BCUT2D eigenvalue weighted by Crippen LogP contribution is -2.49. The van der Waals surface area contributed by atoms with Gasteiger partial charge in [0, 0.05) is 13.0 Å². The predicted molar refractivity (Wildman–Crippen MR) is 85.2 cm³/mol. The number of amides is 1. The van der Waals surface area contributed by atoms with E-state index in [4.69, 9.17) is 15.6 Å². The number of guanidine groups is 1. The van der Waals surface area contributed by atoms with Crippen molar-refractivity contribution in [3.63, 3.8) is 0 Å². The highest BCUT2D eigenvalue weighted by atomic mass is 16.5. The quantitative estimate of drug-likeness (QED) is 0.475. The van der Waals surface area contributed by atoms with E-state index in [1.165, 1.54) is 12.1 Å². The molecule has 4 N–H and O–H groups in total. The van der Waals surface area contributed by atoms with Crippen LogP contribution in [0.3, 0.4) is 0 Å². The lowest BCUT2D eigenvalue weighted by molar-refractivity contribution is -0.119. The predicted octanol–water partition coefficient (Wildman–Crippen LogP) is 0.132. The van der Waals surface area contributed by atoms with Gasteiger partial charge in [-0.15, -0.1) is 4.91 Å². The summed E-state index contributed by atoms with van der Waals surface area (Å²) in [5.41, 5.74) is 5.57. The Hall–Kier alpha value is -3.30. The molecule has 1 aliphatic heterocycles. The van der Waals surface area contributed by atoms with Crippen LogP contribution in [0.5, 0.6) is 5.75 Å². The molecule has 0 fully saturated rings. The zero-order valence-electron chi connectivity index (χ0n) is 12.5. The lowest BCUT2D eigenvalue weighted by Gasteiger charge is -2.15. The van der Waals surface area contributed by atoms with Crippen LogP contribution in [0.1, 0.15) is 16.8 Å². The van der Waals surface area contributed by atoms with Gasteiger partial charge in [0.05, 0.1) is 12.2 Å². The molecule has 1 heterocycles. The van der Waals surface area contributed by atoms with Gasteiger partial charge in [0.1, 0.15) is 5.75 Å². The van der Waals surface area contributed by atoms with Crippen molar-refractivity contribution in [2.24, 2.45) is 20.9 Å². The van der Waals surface area contributed by atoms with E-state index in [0.717, 1.165) is 0 Å². The number of carbonyl (C=O) groups excluding carboxylic acids is 1. The second-order valence-electron chi connectivity index (χ2n) is 4.77. The summed E-state index contributed by atoms with van der Waals surface area (Å²) in [6, 6.07) is 4.69. The van der Waals surface area contributed by atoms with Gasteiger partial charge in [-0.05, 0) is 29.4 Å². The van der Waals surface area contributed by atoms with Crippen LogP contribution in [0.2, 0.25) is 0 Å². The van der Waals surface area contributed by atoms with Gasteiger partial charge >= 0.3 is 5.97 Å². The van der Waals surface area contributed by atoms with E-state index in [-0.39, 0.29) is 23.9 Å². The molecule has 0 aliphatic carbocycles. The maximum atomic E-state index is 11.5. The molecule has 126 valence electrons. The van der Waals surface area contributed by atoms with Crippen molar-refractivity contribution in [3.05, 3.63) is 34.7 Å². The molecular weight excluding hydrogens is 318 g/mol. The minimum atomic E-state index is -1.30. The molecule has 0 spiro atoms. The van der Waals surface area contributed by atoms with E-state index in [9.17, 15) is 14.5 Å². The number of hydrogen-bond acceptors (Lipinski definition) is 7. The van der Waals surface area contributed by atoms with Crippen LogP contribution in [0, 0.1) is 4.91 Å². The number of rotatable bonds is 7. The van der Waals surface area contributed by atoms with Crippen LogP contribution in [-0.2, 0) is 4.79 Å². The Morgan fingerprint density at radius 3 is 2.71 bits per heavy atom. The first-order chi connectivity index (χ1) is 11.5. The first kappa shape index (κ1) is 17.1. The number of nitrogens with zero attached hydrogens (tertiary/aromatic N) is 3. The number of aromatic carboxylic acids is 1. The molecule has 0 saturated heterocycles. The number of carboxylic acids is 1. The maximum Gasteiger partial charge on any atom is 0.335 e. The van der Waals surface area contributed by atoms with E-state index < -0.39 is 17.9 Å². The number of ether oxygens (including phenoxy) is 1. The van der Waals surface area contributed by atoms with Crippen LogP contribution < -0.4 is 15.8 Å². The molecule has 1 aromatic rings. The Morgan fingerprint density at radius 1 is 1.38 bits per heavy atom. The van der Waals surface area contributed by atoms with E-state index in [1.807, 2.05) is 0 Å². The molecule has 0 saturated carbocycles. The topological polar surface area (TPSA) is 156 Å². The number of benzene rings is 1. The number of hydrogen-bond donors (Lipinski definition) is 3. The van der Waals surface area contributed by atoms with Crippen LogP contribution in [0.25, 0.3) is 0 Å². The summed E-state index contributed by atoms with van der Waals surface area (Å²) in [5, 5.41) is 13.7. The lowest BCUT2D eigenvalue weighted by atomic mass is 10.2. The van der Waals surface area contributed by atoms with Crippen molar-refractivity contribution < 1.29 is 19.4 Å². The number of carbonyl (C=O) groups is 2. The first-order valence-electron chi connectivity index (χ1n) is 6.99. The minimum absolute atomic E-state index is 0.0305. The monoisotopic (exact) mass is 333 g/mol. The summed E-state index contributed by atoms with van der Waals surface area (Å²) < 4.78 is 5.44. The Morgan fingerprint density at radius 2 is 2.08 bits per heavy atom. The standard InChI is InChI=1S/C14H15N5O5/c15-14-17-11(10(19-23)12(20)18-14)16-6-1-7-24-9-4-2-8(3-5-9)13(21)22/h2-5,10H,1,6-7H2,(H,21,22)(H3,15,16,17,18,20). The molecule has 1 amide bonds. The Labute approximate surface area is 136 Å². The zero-order valence-corrected chi connectivity index (χ0v) is 12.5. The highest BCUT2D eigenvalue weighted by Gasteiger charge is 2.30. The average Bonchev–Trinajstić information content (AvgIpc) is 2.54. The molecule has 10 heteroatoms. The summed E-state index contributed by atoms with van der Waals surface area (Å²) in [5.74, 6) is -1.30. The molecule has 24 heavy (non-hydrogen) atoms. The Bertz CT molecular complexity index is 698. The van der Waals surface area contributed by atoms with Gasteiger partial charge in [0.2, 0.25) is 12.0 Å². The summed E-state index contributed by atoms with van der Waals surface area (Å²) >= 11 is 0. The maximum absolute atomic E-state index is 11.5. The fourth-order valence-electron chi connectivity index (χ4n) is 1.88. The molecular formula is C14H15N5O5. The third-order valence-corrected chi connectivity index (χ3v) is 3.03. The van der Waals surface area contributed by atoms with Crippen LogP contribution in [0.4, 0.5) is 0 Å². The van der Waals surface area contributed by atoms with E-state index in [1.54, 1.807) is 12.1 Å². The number of nitroso groups, excluding NO2 is 1. The second kappa shape index (κ2) is 7.81. The van der Waals surface area contributed by atoms with Gasteiger partial charge in [0.15, 0.2) is 5.84 Å². The fourth-order valence-corrected chi connectivity index (χ4v) is 1.88. The first-order valence-corrected chi connectivity index (χ1v) is 6.99. The van der Waals surface area contributed by atoms with Gasteiger partial charge in [-0.3, -0.25) is 15.1 Å². The number of amidine groups is 1. The SMILES string of the molecule is NC1=NC(=NCCCOc2ccc(C(=O)O)cc2)C(N=O)C(=O)N1. The van der Waals surface area contributed by atoms with Crippen molar-refractivity contribution in [1.29, 1.82) is 0 Å². The van der Waals surface area contributed by atoms with Gasteiger partial charge in [-0.2, -0.15) is 4.99 Å². The second-order valence-corrected chi connectivity index (χ2v) is 4.77. The molecule has 1 aromatic carbocycles. The highest BCUT2D eigenvalue weighted by molar-refractivity contribution is 6.19. The van der Waals surface area contributed by atoms with Gasteiger partial charge in [-0.1, -0.05) is 0 Å². The summed E-state index contributed by atoms with van der Waals surface area (Å²) in [6.45, 7) is 0.576. The van der Waals surface area contributed by atoms with Gasteiger partial charge < -0.3 is 15.6 Å². The smallest absolute Gasteiger partial charge is 0.335 e. The highest BCUT2D eigenvalue weighted by Crippen LogP contribution is 2.12. The van der Waals surface area contributed by atoms with Crippen LogP contribution in [0.15, 0.2) is 39.4 Å². The third-order valence-electron chi connectivity index (χ3n) is 3.03. The number of nitrogens with two attached hydrogens (primary N) is 1. The van der Waals surface area contributed by atoms with Gasteiger partial charge in [-0.25, -0.2) is 4.79 Å². The molecule has 0 radical (unpaired) electrons. The Kier molecular flexibility index (Phi) is 5.55. The van der Waals surface area contributed by atoms with E-state index in [0.29, 0.717) is 18.8 Å². The van der Waals surface area contributed by atoms with Gasteiger partial charge in [0.25, 0.3) is 5.91 Å². The zero-order chi connectivity index (χ0) is 17.5. The fraction of sp³-hybridized carbons (Fsp3) is 0.286. The summed E-state index contributed by atoms with van der Waals surface area (Å²) in [6.07, 6.45) is 0.493. The number of aliphatic imine (C=N–C) groups is 2. The Balaban J connectivity index is 1.83. The van der Waals surface area contributed by atoms with Crippen molar-refractivity contribution in [3.8, 4) is 5.75 Å². The summed E-state index contributed by atoms with van der Waals surface area (Å²) in [4.78, 5) is 40.7. The molecule has 1 atom stereocenters. The molecule has 1 unspecified atom stereocenters. The van der Waals surface area contributed by atoms with E-state index >= 15 is 0 Å². The van der Waals surface area contributed by atoms with Crippen molar-refractivity contribution in [1.82, 2.24) is 5.32 Å². The largest absolute Gasteiger partial charge is 0.494 e. The van der Waals surface area contributed by atoms with E-state index in [2.05, 4.69) is 20.5 Å². The van der Waals surface area contributed by atoms with Crippen molar-refractivity contribution in [2.45, 2.75) is 12.5 Å². The molecule has 0 aromatic heterocycles. The molecule has 10 nitrogen and oxygen atoms in total. The number of carboxylic acid groups (broad SMARTS) is 1. The molecule has 2 rings (SSSR count). The minimum Gasteiger partial charge on any atom is -0.494 e. The summed E-state index contributed by atoms with van der Waals surface area (Å²) in [7, 11) is 0. The normalized spacial score (nSPS) is 18.7.